The molecule has 0 aliphatic heterocycles. The van der Waals surface area contributed by atoms with Crippen molar-refractivity contribution in [2.24, 2.45) is 0 Å². The SMILES string of the molecule is CC/C=C\C/C=C\C/C=C\C/C=C\CCCCC(=O)OC(COC(=O)CCCCCCC/C=C\C/C=C\CCC)COC(=O)CCCCCCCCCCCCC/C=C\C/C=C\CCCCCCC. The third-order valence-corrected chi connectivity index (χ3v) is 12.0. The first-order valence-electron chi connectivity index (χ1n) is 28.7. The minimum Gasteiger partial charge on any atom is -0.462 e. The highest BCUT2D eigenvalue weighted by Gasteiger charge is 2.19. The molecule has 0 radical (unpaired) electrons. The summed E-state index contributed by atoms with van der Waals surface area (Å²) in [5, 5.41) is 0. The van der Waals surface area contributed by atoms with Gasteiger partial charge in [0.05, 0.1) is 0 Å². The van der Waals surface area contributed by atoms with Crippen molar-refractivity contribution < 1.29 is 28.6 Å². The second-order valence-corrected chi connectivity index (χ2v) is 18.8. The lowest BCUT2D eigenvalue weighted by molar-refractivity contribution is -0.167. The van der Waals surface area contributed by atoms with Crippen molar-refractivity contribution in [1.82, 2.24) is 0 Å². The van der Waals surface area contributed by atoms with Gasteiger partial charge in [-0.05, 0) is 116 Å². The molecule has 1 atom stereocenters. The monoisotopic (exact) mass is 959 g/mol. The lowest BCUT2D eigenvalue weighted by Crippen LogP contribution is -2.30. The Labute approximate surface area is 426 Å². The molecule has 0 spiro atoms. The molecule has 0 aromatic rings. The first-order valence-corrected chi connectivity index (χ1v) is 28.7. The lowest BCUT2D eigenvalue weighted by Gasteiger charge is -2.18. The molecule has 69 heavy (non-hydrogen) atoms. The van der Waals surface area contributed by atoms with Crippen molar-refractivity contribution in [3.63, 3.8) is 0 Å². The van der Waals surface area contributed by atoms with Crippen molar-refractivity contribution in [1.29, 1.82) is 0 Å². The maximum absolute atomic E-state index is 12.8. The Bertz CT molecular complexity index is 1380. The van der Waals surface area contributed by atoms with Crippen LogP contribution in [0.5, 0.6) is 0 Å². The normalized spacial score (nSPS) is 12.8. The van der Waals surface area contributed by atoms with Gasteiger partial charge in [-0.15, -0.1) is 0 Å². The first kappa shape index (κ1) is 65.3. The summed E-state index contributed by atoms with van der Waals surface area (Å²) >= 11 is 0. The smallest absolute Gasteiger partial charge is 0.306 e. The minimum atomic E-state index is -0.807. The van der Waals surface area contributed by atoms with Crippen molar-refractivity contribution in [3.8, 4) is 0 Å². The topological polar surface area (TPSA) is 78.9 Å². The summed E-state index contributed by atoms with van der Waals surface area (Å²) < 4.78 is 16.8. The minimum absolute atomic E-state index is 0.100. The molecule has 0 fully saturated rings. The second-order valence-electron chi connectivity index (χ2n) is 18.8. The third-order valence-electron chi connectivity index (χ3n) is 12.0. The zero-order valence-electron chi connectivity index (χ0n) is 45.0. The van der Waals surface area contributed by atoms with Gasteiger partial charge in [0.2, 0.25) is 0 Å². The van der Waals surface area contributed by atoms with E-state index < -0.39 is 6.10 Å². The van der Waals surface area contributed by atoms with Crippen molar-refractivity contribution in [2.45, 2.75) is 271 Å². The number of esters is 3. The van der Waals surface area contributed by atoms with E-state index in [1.807, 2.05) is 0 Å². The number of hydrogen-bond donors (Lipinski definition) is 0. The molecular formula is C63H106O6. The van der Waals surface area contributed by atoms with Crippen molar-refractivity contribution >= 4 is 17.9 Å². The molecule has 0 amide bonds. The summed E-state index contributed by atoms with van der Waals surface area (Å²) in [6, 6.07) is 0. The van der Waals surface area contributed by atoms with Crippen LogP contribution in [0.25, 0.3) is 0 Å². The van der Waals surface area contributed by atoms with E-state index in [1.165, 1.54) is 103 Å². The van der Waals surface area contributed by atoms with Gasteiger partial charge in [-0.2, -0.15) is 0 Å². The van der Waals surface area contributed by atoms with Crippen LogP contribution in [0.4, 0.5) is 0 Å². The molecule has 6 heteroatoms. The van der Waals surface area contributed by atoms with Gasteiger partial charge in [0.25, 0.3) is 0 Å². The molecule has 1 unspecified atom stereocenters. The fourth-order valence-electron chi connectivity index (χ4n) is 7.74. The fourth-order valence-corrected chi connectivity index (χ4v) is 7.74. The van der Waals surface area contributed by atoms with E-state index in [9.17, 15) is 14.4 Å². The van der Waals surface area contributed by atoms with Crippen LogP contribution < -0.4 is 0 Å². The van der Waals surface area contributed by atoms with Crippen LogP contribution in [0.15, 0.2) is 97.2 Å². The van der Waals surface area contributed by atoms with Gasteiger partial charge in [0.1, 0.15) is 13.2 Å². The molecule has 6 nitrogen and oxygen atoms in total. The van der Waals surface area contributed by atoms with E-state index >= 15 is 0 Å². The van der Waals surface area contributed by atoms with Gasteiger partial charge < -0.3 is 14.2 Å². The zero-order chi connectivity index (χ0) is 50.0. The average Bonchev–Trinajstić information content (AvgIpc) is 3.35. The highest BCUT2D eigenvalue weighted by molar-refractivity contribution is 5.71. The van der Waals surface area contributed by atoms with Crippen LogP contribution in [-0.2, 0) is 28.6 Å². The molecular weight excluding hydrogens is 853 g/mol. The molecule has 0 aliphatic rings. The number of carbonyl (C=O) groups excluding carboxylic acids is 3. The maximum atomic E-state index is 12.8. The molecule has 0 saturated heterocycles. The Morgan fingerprint density at radius 2 is 0.594 bits per heavy atom. The summed E-state index contributed by atoms with van der Waals surface area (Å²) in [4.78, 5) is 38.1. The van der Waals surface area contributed by atoms with Crippen LogP contribution in [0, 0.1) is 0 Å². The number of unbranched alkanes of at least 4 members (excludes halogenated alkanes) is 24. The second kappa shape index (κ2) is 56.9. The lowest BCUT2D eigenvalue weighted by atomic mass is 10.0. The average molecular weight is 960 g/mol. The molecule has 0 aromatic carbocycles. The van der Waals surface area contributed by atoms with Gasteiger partial charge in [-0.25, -0.2) is 0 Å². The Balaban J connectivity index is 4.38. The highest BCUT2D eigenvalue weighted by atomic mass is 16.6. The first-order chi connectivity index (χ1) is 34.0. The molecule has 0 bridgehead atoms. The predicted octanol–water partition coefficient (Wildman–Crippen LogP) is 19.3. The van der Waals surface area contributed by atoms with E-state index in [-0.39, 0.29) is 37.5 Å². The van der Waals surface area contributed by atoms with E-state index in [4.69, 9.17) is 14.2 Å². The largest absolute Gasteiger partial charge is 0.462 e. The molecule has 0 heterocycles. The van der Waals surface area contributed by atoms with Crippen LogP contribution in [0.3, 0.4) is 0 Å². The van der Waals surface area contributed by atoms with Crippen LogP contribution in [-0.4, -0.2) is 37.2 Å². The van der Waals surface area contributed by atoms with E-state index in [1.54, 1.807) is 0 Å². The van der Waals surface area contributed by atoms with Crippen LogP contribution >= 0.6 is 0 Å². The summed E-state index contributed by atoms with van der Waals surface area (Å²) in [7, 11) is 0. The van der Waals surface area contributed by atoms with Crippen LogP contribution in [0.2, 0.25) is 0 Å². The van der Waals surface area contributed by atoms with Gasteiger partial charge in [0, 0.05) is 19.3 Å². The van der Waals surface area contributed by atoms with Crippen LogP contribution in [0.1, 0.15) is 265 Å². The number of rotatable bonds is 51. The Morgan fingerprint density at radius 1 is 0.304 bits per heavy atom. The Kier molecular flexibility index (Phi) is 53.9. The quantitative estimate of drug-likeness (QED) is 0.0262. The predicted molar refractivity (Wildman–Crippen MR) is 297 cm³/mol. The van der Waals surface area contributed by atoms with E-state index in [0.717, 1.165) is 116 Å². The van der Waals surface area contributed by atoms with Gasteiger partial charge >= 0.3 is 17.9 Å². The molecule has 0 rings (SSSR count). The number of carbonyl (C=O) groups is 3. The summed E-state index contributed by atoms with van der Waals surface area (Å²) in [5.41, 5.74) is 0. The molecule has 0 aromatic heterocycles. The fraction of sp³-hybridized carbons (Fsp3) is 0.698. The number of allylic oxidation sites excluding steroid dienone is 16. The summed E-state index contributed by atoms with van der Waals surface area (Å²) in [6.07, 6.45) is 75.5. The summed E-state index contributed by atoms with van der Waals surface area (Å²) in [6.45, 7) is 6.41. The van der Waals surface area contributed by atoms with Gasteiger partial charge in [-0.3, -0.25) is 14.4 Å². The van der Waals surface area contributed by atoms with E-state index in [2.05, 4.69) is 118 Å². The highest BCUT2D eigenvalue weighted by Crippen LogP contribution is 2.15. The molecule has 394 valence electrons. The Hall–Kier alpha value is -3.67. The van der Waals surface area contributed by atoms with Gasteiger partial charge in [0.15, 0.2) is 6.10 Å². The Morgan fingerprint density at radius 3 is 0.971 bits per heavy atom. The molecule has 0 saturated carbocycles. The van der Waals surface area contributed by atoms with E-state index in [0.29, 0.717) is 19.3 Å². The van der Waals surface area contributed by atoms with Crippen molar-refractivity contribution in [3.05, 3.63) is 97.2 Å². The third kappa shape index (κ3) is 55.1. The standard InChI is InChI=1S/C63H106O6/c1-4-7-10-13-16-19-22-25-27-28-29-30-31-32-33-34-36-38-41-44-47-50-53-56-62(65)68-59-60(58-67-61(64)55-52-49-46-43-40-37-24-21-18-15-12-9-6-3)69-63(66)57-54-51-48-45-42-39-35-26-23-20-17-14-11-8-5-2/h8,11-12,15,17,20-22,24-26,28-29,35,42,45,60H,4-7,9-10,13-14,16,18-19,23,27,30-34,36-41,43-44,46-59H2,1-3H3/b11-8-,15-12-,20-17-,24-21-,25-22-,29-28-,35-26-,45-42-. The number of hydrogen-bond acceptors (Lipinski definition) is 6. The number of ether oxygens (including phenoxy) is 3. The molecule has 0 aliphatic carbocycles. The van der Waals surface area contributed by atoms with Crippen molar-refractivity contribution in [2.75, 3.05) is 13.2 Å². The zero-order valence-corrected chi connectivity index (χ0v) is 45.0. The molecule has 0 N–H and O–H groups in total. The maximum Gasteiger partial charge on any atom is 0.306 e. The van der Waals surface area contributed by atoms with Gasteiger partial charge in [-0.1, -0.05) is 227 Å². The summed E-state index contributed by atoms with van der Waals surface area (Å²) in [5.74, 6) is -0.957.